The summed E-state index contributed by atoms with van der Waals surface area (Å²) < 4.78 is 7.92. The van der Waals surface area contributed by atoms with Crippen LogP contribution in [-0.4, -0.2) is 28.7 Å². The number of para-hydroxylation sites is 1. The first-order chi connectivity index (χ1) is 15.6. The van der Waals surface area contributed by atoms with E-state index in [1.54, 1.807) is 6.33 Å². The zero-order chi connectivity index (χ0) is 22.8. The summed E-state index contributed by atoms with van der Waals surface area (Å²) in [6.45, 7) is 5.94. The Hall–Kier alpha value is -2.99. The van der Waals surface area contributed by atoms with Crippen LogP contribution in [-0.2, 0) is 6.54 Å². The summed E-state index contributed by atoms with van der Waals surface area (Å²) in [7, 11) is 0. The molecule has 0 atom stereocenters. The van der Waals surface area contributed by atoms with Gasteiger partial charge in [-0.05, 0) is 31.4 Å². The smallest absolute Gasteiger partial charge is 0.319 e. The Morgan fingerprint density at radius 2 is 1.91 bits per heavy atom. The third-order valence-corrected chi connectivity index (χ3v) is 5.56. The molecule has 3 aromatic rings. The predicted octanol–water partition coefficient (Wildman–Crippen LogP) is 6.29. The van der Waals surface area contributed by atoms with Crippen LogP contribution in [0.2, 0.25) is 5.15 Å². The number of hydrogen-bond donors (Lipinski definition) is 2. The van der Waals surface area contributed by atoms with Crippen molar-refractivity contribution in [3.8, 4) is 17.0 Å². The zero-order valence-electron chi connectivity index (χ0n) is 18.7. The van der Waals surface area contributed by atoms with Crippen LogP contribution in [0, 0.1) is 6.92 Å². The zero-order valence-corrected chi connectivity index (χ0v) is 19.5. The number of urea groups is 1. The molecular weight excluding hydrogens is 424 g/mol. The third-order valence-electron chi connectivity index (χ3n) is 5.16. The molecule has 2 amide bonds. The Morgan fingerprint density at radius 3 is 2.69 bits per heavy atom. The van der Waals surface area contributed by atoms with E-state index in [1.807, 2.05) is 60.0 Å². The number of aromatic nitrogens is 2. The van der Waals surface area contributed by atoms with Crippen LogP contribution in [0.4, 0.5) is 10.5 Å². The van der Waals surface area contributed by atoms with Crippen molar-refractivity contribution in [2.24, 2.45) is 0 Å². The minimum absolute atomic E-state index is 0.209. The second-order valence-electron chi connectivity index (χ2n) is 7.68. The molecular formula is C25H31ClN4O2. The van der Waals surface area contributed by atoms with Gasteiger partial charge in [0.1, 0.15) is 16.6 Å². The number of unbranched alkanes of at least 4 members (excludes halogenated alkanes) is 2. The molecule has 0 radical (unpaired) electrons. The van der Waals surface area contributed by atoms with E-state index in [1.165, 1.54) is 0 Å². The molecule has 6 nitrogen and oxygen atoms in total. The lowest BCUT2D eigenvalue weighted by molar-refractivity contribution is 0.251. The normalized spacial score (nSPS) is 10.7. The molecule has 7 heteroatoms. The van der Waals surface area contributed by atoms with Gasteiger partial charge in [-0.15, -0.1) is 0 Å². The van der Waals surface area contributed by atoms with Gasteiger partial charge in [0.25, 0.3) is 0 Å². The SMILES string of the molecule is CCCCCNC(=O)Nc1c(C)cccc1OCCCn1cnc(-c2ccccc2)c1Cl. The standard InChI is InChI=1S/C25H31ClN4O2/c1-3-4-8-15-27-25(31)29-22-19(2)11-9-14-21(22)32-17-10-16-30-18-28-23(24(30)26)20-12-6-5-7-13-20/h5-7,9,11-14,18H,3-4,8,10,15-17H2,1-2H3,(H2,27,29,31). The van der Waals surface area contributed by atoms with Crippen LogP contribution in [0.3, 0.4) is 0 Å². The van der Waals surface area contributed by atoms with Crippen molar-refractivity contribution in [3.05, 3.63) is 65.6 Å². The van der Waals surface area contributed by atoms with Crippen LogP contribution >= 0.6 is 11.6 Å². The topological polar surface area (TPSA) is 68.2 Å². The number of rotatable bonds is 11. The molecule has 0 bridgehead atoms. The second kappa shape index (κ2) is 12.2. The molecule has 0 saturated carbocycles. The third kappa shape index (κ3) is 6.50. The van der Waals surface area contributed by atoms with E-state index >= 15 is 0 Å². The molecule has 32 heavy (non-hydrogen) atoms. The number of anilines is 1. The highest BCUT2D eigenvalue weighted by Crippen LogP contribution is 2.29. The number of ether oxygens (including phenoxy) is 1. The van der Waals surface area contributed by atoms with Gasteiger partial charge in [-0.2, -0.15) is 0 Å². The highest BCUT2D eigenvalue weighted by molar-refractivity contribution is 6.32. The highest BCUT2D eigenvalue weighted by Gasteiger charge is 2.12. The van der Waals surface area contributed by atoms with Crippen molar-refractivity contribution in [3.63, 3.8) is 0 Å². The van der Waals surface area contributed by atoms with E-state index in [0.29, 0.717) is 36.3 Å². The number of halogens is 1. The van der Waals surface area contributed by atoms with Crippen molar-refractivity contribution >= 4 is 23.3 Å². The van der Waals surface area contributed by atoms with Crippen LogP contribution in [0.1, 0.15) is 38.2 Å². The molecule has 0 aliphatic heterocycles. The van der Waals surface area contributed by atoms with E-state index in [4.69, 9.17) is 16.3 Å². The van der Waals surface area contributed by atoms with E-state index in [-0.39, 0.29) is 6.03 Å². The fraction of sp³-hybridized carbons (Fsp3) is 0.360. The summed E-state index contributed by atoms with van der Waals surface area (Å²) in [5.74, 6) is 0.662. The van der Waals surface area contributed by atoms with Gasteiger partial charge in [0, 0.05) is 18.7 Å². The molecule has 170 valence electrons. The lowest BCUT2D eigenvalue weighted by atomic mass is 10.2. The Kier molecular flexibility index (Phi) is 8.99. The van der Waals surface area contributed by atoms with Gasteiger partial charge in [0.2, 0.25) is 0 Å². The number of nitrogens with one attached hydrogen (secondary N) is 2. The van der Waals surface area contributed by atoms with E-state index in [2.05, 4.69) is 22.5 Å². The molecule has 0 aliphatic carbocycles. The number of carbonyl (C=O) groups excluding carboxylic acids is 1. The van der Waals surface area contributed by atoms with Crippen molar-refractivity contribution in [2.45, 2.75) is 46.1 Å². The monoisotopic (exact) mass is 454 g/mol. The number of aryl methyl sites for hydroxylation is 2. The largest absolute Gasteiger partial charge is 0.491 e. The summed E-state index contributed by atoms with van der Waals surface area (Å²) in [6, 6.07) is 15.4. The quantitative estimate of drug-likeness (QED) is 0.334. The lowest BCUT2D eigenvalue weighted by Gasteiger charge is -2.15. The van der Waals surface area contributed by atoms with Gasteiger partial charge in [0.15, 0.2) is 0 Å². The number of nitrogens with zero attached hydrogens (tertiary/aromatic N) is 2. The molecule has 1 heterocycles. The maximum absolute atomic E-state index is 12.2. The Bertz CT molecular complexity index is 1000. The first-order valence-electron chi connectivity index (χ1n) is 11.1. The molecule has 3 rings (SSSR count). The summed E-state index contributed by atoms with van der Waals surface area (Å²) in [5.41, 5.74) is 3.43. The maximum Gasteiger partial charge on any atom is 0.319 e. The number of carbonyl (C=O) groups is 1. The lowest BCUT2D eigenvalue weighted by Crippen LogP contribution is -2.30. The van der Waals surface area contributed by atoms with Crippen LogP contribution in [0.5, 0.6) is 5.75 Å². The fourth-order valence-corrected chi connectivity index (χ4v) is 3.67. The number of hydrogen-bond acceptors (Lipinski definition) is 3. The first kappa shape index (κ1) is 23.7. The molecule has 0 aliphatic rings. The van der Waals surface area contributed by atoms with Gasteiger partial charge in [0.05, 0.1) is 18.6 Å². The maximum atomic E-state index is 12.2. The Morgan fingerprint density at radius 1 is 1.09 bits per heavy atom. The van der Waals surface area contributed by atoms with Crippen molar-refractivity contribution in [1.82, 2.24) is 14.9 Å². The second-order valence-corrected chi connectivity index (χ2v) is 8.04. The Labute approximate surface area is 195 Å². The molecule has 0 spiro atoms. The number of imidazole rings is 1. The van der Waals surface area contributed by atoms with Crippen molar-refractivity contribution in [1.29, 1.82) is 0 Å². The van der Waals surface area contributed by atoms with Gasteiger partial charge in [-0.1, -0.05) is 73.8 Å². The minimum Gasteiger partial charge on any atom is -0.491 e. The first-order valence-corrected chi connectivity index (χ1v) is 11.5. The molecule has 0 fully saturated rings. The van der Waals surface area contributed by atoms with Crippen LogP contribution < -0.4 is 15.4 Å². The van der Waals surface area contributed by atoms with Crippen molar-refractivity contribution < 1.29 is 9.53 Å². The molecule has 1 aromatic heterocycles. The number of benzene rings is 2. The summed E-state index contributed by atoms with van der Waals surface area (Å²) in [4.78, 5) is 16.7. The van der Waals surface area contributed by atoms with E-state index < -0.39 is 0 Å². The van der Waals surface area contributed by atoms with E-state index in [9.17, 15) is 4.79 Å². The van der Waals surface area contributed by atoms with Crippen molar-refractivity contribution in [2.75, 3.05) is 18.5 Å². The average Bonchev–Trinajstić information content (AvgIpc) is 3.17. The van der Waals surface area contributed by atoms with Gasteiger partial charge < -0.3 is 19.9 Å². The number of amides is 2. The van der Waals surface area contributed by atoms with Gasteiger partial charge in [-0.3, -0.25) is 0 Å². The van der Waals surface area contributed by atoms with E-state index in [0.717, 1.165) is 42.5 Å². The van der Waals surface area contributed by atoms with Crippen LogP contribution in [0.25, 0.3) is 11.3 Å². The Balaban J connectivity index is 1.53. The molecule has 0 saturated heterocycles. The fourth-order valence-electron chi connectivity index (χ4n) is 3.39. The molecule has 2 N–H and O–H groups in total. The molecule has 2 aromatic carbocycles. The average molecular weight is 455 g/mol. The summed E-state index contributed by atoms with van der Waals surface area (Å²) in [5, 5.41) is 6.45. The van der Waals surface area contributed by atoms with Gasteiger partial charge >= 0.3 is 6.03 Å². The molecule has 0 unspecified atom stereocenters. The highest BCUT2D eigenvalue weighted by atomic mass is 35.5. The predicted molar refractivity (Wildman–Crippen MR) is 131 cm³/mol. The van der Waals surface area contributed by atoms with Crippen LogP contribution in [0.15, 0.2) is 54.9 Å². The van der Waals surface area contributed by atoms with Gasteiger partial charge in [-0.25, -0.2) is 9.78 Å². The summed E-state index contributed by atoms with van der Waals surface area (Å²) in [6.07, 6.45) is 5.71. The summed E-state index contributed by atoms with van der Waals surface area (Å²) >= 11 is 6.52. The minimum atomic E-state index is -0.209.